The molecule has 128 valence electrons. The molecule has 0 bridgehead atoms. The molecule has 0 fully saturated rings. The normalized spacial score (nSPS) is 17.9. The van der Waals surface area contributed by atoms with Crippen LogP contribution in [0.1, 0.15) is 42.3 Å². The molecule has 4 rings (SSSR count). The zero-order valence-corrected chi connectivity index (χ0v) is 14.7. The minimum absolute atomic E-state index is 0.558. The zero-order valence-electron chi connectivity index (χ0n) is 14.7. The molecule has 0 radical (unpaired) electrons. The second-order valence-corrected chi connectivity index (χ2v) is 7.23. The SMILES string of the molecule is CCCCN1CCn2nc(CNC3Cc4ccccc4C3)cc2C1. The molecule has 2 aromatic rings. The van der Waals surface area contributed by atoms with Crippen molar-refractivity contribution in [1.29, 1.82) is 0 Å². The fourth-order valence-electron chi connectivity index (χ4n) is 3.99. The first-order valence-corrected chi connectivity index (χ1v) is 9.40. The molecule has 0 saturated heterocycles. The predicted molar refractivity (Wildman–Crippen MR) is 96.9 cm³/mol. The van der Waals surface area contributed by atoms with Crippen molar-refractivity contribution in [3.63, 3.8) is 0 Å². The summed E-state index contributed by atoms with van der Waals surface area (Å²) >= 11 is 0. The van der Waals surface area contributed by atoms with Gasteiger partial charge in [-0.3, -0.25) is 9.58 Å². The number of rotatable bonds is 6. The maximum absolute atomic E-state index is 4.80. The second-order valence-electron chi connectivity index (χ2n) is 7.23. The van der Waals surface area contributed by atoms with Crippen LogP contribution in [0.5, 0.6) is 0 Å². The van der Waals surface area contributed by atoms with E-state index in [4.69, 9.17) is 5.10 Å². The van der Waals surface area contributed by atoms with Gasteiger partial charge >= 0.3 is 0 Å². The Hall–Kier alpha value is -1.65. The van der Waals surface area contributed by atoms with Crippen LogP contribution in [0.3, 0.4) is 0 Å². The lowest BCUT2D eigenvalue weighted by atomic mass is 10.1. The van der Waals surface area contributed by atoms with Crippen molar-refractivity contribution in [2.24, 2.45) is 0 Å². The molecule has 0 amide bonds. The quantitative estimate of drug-likeness (QED) is 0.887. The summed E-state index contributed by atoms with van der Waals surface area (Å²) in [4.78, 5) is 2.56. The van der Waals surface area contributed by atoms with Crippen molar-refractivity contribution in [3.8, 4) is 0 Å². The van der Waals surface area contributed by atoms with E-state index in [-0.39, 0.29) is 0 Å². The summed E-state index contributed by atoms with van der Waals surface area (Å²) in [5.41, 5.74) is 5.58. The Balaban J connectivity index is 1.32. The molecule has 0 saturated carbocycles. The second kappa shape index (κ2) is 7.08. The van der Waals surface area contributed by atoms with Crippen LogP contribution in [0.25, 0.3) is 0 Å². The van der Waals surface area contributed by atoms with E-state index in [1.807, 2.05) is 0 Å². The third-order valence-electron chi connectivity index (χ3n) is 5.38. The number of fused-ring (bicyclic) bond motifs is 2. The Labute approximate surface area is 144 Å². The number of benzene rings is 1. The summed E-state index contributed by atoms with van der Waals surface area (Å²) in [6.45, 7) is 7.60. The summed E-state index contributed by atoms with van der Waals surface area (Å²) in [6, 6.07) is 11.7. The van der Waals surface area contributed by atoms with E-state index in [0.717, 1.165) is 39.0 Å². The number of nitrogens with one attached hydrogen (secondary N) is 1. The molecule has 4 heteroatoms. The Morgan fingerprint density at radius 2 is 1.96 bits per heavy atom. The van der Waals surface area contributed by atoms with E-state index in [1.54, 1.807) is 0 Å². The van der Waals surface area contributed by atoms with Gasteiger partial charge in [0.25, 0.3) is 0 Å². The summed E-state index contributed by atoms with van der Waals surface area (Å²) in [6.07, 6.45) is 4.86. The number of aromatic nitrogens is 2. The monoisotopic (exact) mass is 324 g/mol. The van der Waals surface area contributed by atoms with Gasteiger partial charge in [-0.05, 0) is 43.0 Å². The number of nitrogens with zero attached hydrogens (tertiary/aromatic N) is 3. The summed E-state index contributed by atoms with van der Waals surface area (Å²) in [7, 11) is 0. The van der Waals surface area contributed by atoms with Gasteiger partial charge in [0.1, 0.15) is 0 Å². The third-order valence-corrected chi connectivity index (χ3v) is 5.38. The summed E-state index contributed by atoms with van der Waals surface area (Å²) in [5, 5.41) is 8.51. The maximum Gasteiger partial charge on any atom is 0.0765 e. The molecule has 2 aliphatic rings. The highest BCUT2D eigenvalue weighted by atomic mass is 15.3. The number of hydrogen-bond donors (Lipinski definition) is 1. The lowest BCUT2D eigenvalue weighted by Crippen LogP contribution is -2.34. The van der Waals surface area contributed by atoms with Crippen molar-refractivity contribution < 1.29 is 0 Å². The lowest BCUT2D eigenvalue weighted by molar-refractivity contribution is 0.210. The molecular formula is C20H28N4. The molecule has 24 heavy (non-hydrogen) atoms. The van der Waals surface area contributed by atoms with Gasteiger partial charge in [0.15, 0.2) is 0 Å². The van der Waals surface area contributed by atoms with Crippen molar-refractivity contribution in [3.05, 3.63) is 52.8 Å². The van der Waals surface area contributed by atoms with Crippen molar-refractivity contribution in [2.75, 3.05) is 13.1 Å². The Morgan fingerprint density at radius 1 is 1.17 bits per heavy atom. The van der Waals surface area contributed by atoms with Crippen LogP contribution in [0.4, 0.5) is 0 Å². The van der Waals surface area contributed by atoms with E-state index >= 15 is 0 Å². The molecule has 0 spiro atoms. The molecule has 1 aliphatic heterocycles. The third kappa shape index (κ3) is 3.40. The molecular weight excluding hydrogens is 296 g/mol. The van der Waals surface area contributed by atoms with Gasteiger partial charge in [-0.1, -0.05) is 37.6 Å². The van der Waals surface area contributed by atoms with Gasteiger partial charge in [0.05, 0.1) is 17.9 Å². The lowest BCUT2D eigenvalue weighted by Gasteiger charge is -2.27. The van der Waals surface area contributed by atoms with Gasteiger partial charge in [0.2, 0.25) is 0 Å². The first-order valence-electron chi connectivity index (χ1n) is 9.40. The van der Waals surface area contributed by atoms with Crippen LogP contribution >= 0.6 is 0 Å². The number of unbranched alkanes of at least 4 members (excludes halogenated alkanes) is 1. The van der Waals surface area contributed by atoms with Gasteiger partial charge < -0.3 is 5.32 Å². The zero-order chi connectivity index (χ0) is 16.4. The summed E-state index contributed by atoms with van der Waals surface area (Å²) in [5.74, 6) is 0. The van der Waals surface area contributed by atoms with Crippen LogP contribution in [0.2, 0.25) is 0 Å². The van der Waals surface area contributed by atoms with Crippen LogP contribution in [-0.4, -0.2) is 33.8 Å². The first kappa shape index (κ1) is 15.9. The molecule has 1 aliphatic carbocycles. The van der Waals surface area contributed by atoms with Gasteiger partial charge in [0, 0.05) is 25.7 Å². The molecule has 2 heterocycles. The topological polar surface area (TPSA) is 33.1 Å². The molecule has 4 nitrogen and oxygen atoms in total. The van der Waals surface area contributed by atoms with Gasteiger partial charge in [-0.2, -0.15) is 5.10 Å². The summed E-state index contributed by atoms with van der Waals surface area (Å²) < 4.78 is 2.21. The predicted octanol–water partition coefficient (Wildman–Crippen LogP) is 2.76. The Morgan fingerprint density at radius 3 is 2.71 bits per heavy atom. The highest BCUT2D eigenvalue weighted by molar-refractivity contribution is 5.33. The van der Waals surface area contributed by atoms with Gasteiger partial charge in [-0.25, -0.2) is 0 Å². The van der Waals surface area contributed by atoms with Crippen molar-refractivity contribution >= 4 is 0 Å². The van der Waals surface area contributed by atoms with E-state index in [0.29, 0.717) is 6.04 Å². The Kier molecular flexibility index (Phi) is 4.67. The molecule has 0 atom stereocenters. The molecule has 1 aromatic heterocycles. The average Bonchev–Trinajstić information content (AvgIpc) is 3.20. The van der Waals surface area contributed by atoms with Crippen LogP contribution in [-0.2, 0) is 32.5 Å². The average molecular weight is 324 g/mol. The van der Waals surface area contributed by atoms with Gasteiger partial charge in [-0.15, -0.1) is 0 Å². The standard InChI is InChI=1S/C20H28N4/c1-2-3-8-23-9-10-24-20(15-23)13-19(22-24)14-21-18-11-16-6-4-5-7-17(16)12-18/h4-7,13,18,21H,2-3,8-12,14-15H2,1H3. The highest BCUT2D eigenvalue weighted by Gasteiger charge is 2.21. The highest BCUT2D eigenvalue weighted by Crippen LogP contribution is 2.22. The largest absolute Gasteiger partial charge is 0.308 e. The molecule has 1 aromatic carbocycles. The van der Waals surface area contributed by atoms with E-state index in [2.05, 4.69) is 52.2 Å². The molecule has 1 N–H and O–H groups in total. The fraction of sp³-hybridized carbons (Fsp3) is 0.550. The van der Waals surface area contributed by atoms with E-state index in [9.17, 15) is 0 Å². The van der Waals surface area contributed by atoms with Crippen LogP contribution < -0.4 is 5.32 Å². The molecule has 0 unspecified atom stereocenters. The van der Waals surface area contributed by atoms with Crippen LogP contribution in [0, 0.1) is 0 Å². The minimum atomic E-state index is 0.558. The van der Waals surface area contributed by atoms with Crippen molar-refractivity contribution in [1.82, 2.24) is 20.0 Å². The smallest absolute Gasteiger partial charge is 0.0765 e. The van der Waals surface area contributed by atoms with E-state index < -0.39 is 0 Å². The van der Waals surface area contributed by atoms with Crippen molar-refractivity contribution in [2.45, 2.75) is 58.3 Å². The first-order chi connectivity index (χ1) is 11.8. The Bertz CT molecular complexity index is 666. The number of hydrogen-bond acceptors (Lipinski definition) is 3. The van der Waals surface area contributed by atoms with Crippen LogP contribution in [0.15, 0.2) is 30.3 Å². The fourth-order valence-corrected chi connectivity index (χ4v) is 3.99. The van der Waals surface area contributed by atoms with E-state index in [1.165, 1.54) is 41.9 Å². The maximum atomic E-state index is 4.80. The minimum Gasteiger partial charge on any atom is -0.308 e.